The second kappa shape index (κ2) is 8.10. The molecular weight excluding hydrogens is 308 g/mol. The third-order valence-electron chi connectivity index (χ3n) is 3.58. The Hall–Kier alpha value is -2.89. The molecule has 6 nitrogen and oxygen atoms in total. The number of ether oxygens (including phenoxy) is 1. The maximum Gasteiger partial charge on any atom is 0.269 e. The van der Waals surface area contributed by atoms with Crippen LogP contribution in [0.25, 0.3) is 0 Å². The minimum Gasteiger partial charge on any atom is -0.494 e. The summed E-state index contributed by atoms with van der Waals surface area (Å²) in [5, 5.41) is 10.6. The first kappa shape index (κ1) is 17.5. The van der Waals surface area contributed by atoms with Crippen molar-refractivity contribution in [2.75, 3.05) is 13.7 Å². The molecule has 0 unspecified atom stereocenters. The van der Waals surface area contributed by atoms with Crippen LogP contribution in [0.4, 0.5) is 5.69 Å². The molecule has 0 spiro atoms. The van der Waals surface area contributed by atoms with Gasteiger partial charge in [0.1, 0.15) is 5.75 Å². The van der Waals surface area contributed by atoms with Crippen LogP contribution >= 0.6 is 0 Å². The summed E-state index contributed by atoms with van der Waals surface area (Å²) in [6.07, 6.45) is 0.214. The lowest BCUT2D eigenvalue weighted by molar-refractivity contribution is -0.384. The smallest absolute Gasteiger partial charge is 0.269 e. The summed E-state index contributed by atoms with van der Waals surface area (Å²) in [7, 11) is 1.74. The van der Waals surface area contributed by atoms with E-state index >= 15 is 0 Å². The van der Waals surface area contributed by atoms with E-state index in [4.69, 9.17) is 4.74 Å². The van der Waals surface area contributed by atoms with Crippen molar-refractivity contribution in [3.05, 3.63) is 69.8 Å². The van der Waals surface area contributed by atoms with Crippen LogP contribution in [0, 0.1) is 10.1 Å². The summed E-state index contributed by atoms with van der Waals surface area (Å²) in [5.41, 5.74) is 1.79. The molecule has 0 aliphatic heterocycles. The molecule has 2 aromatic rings. The van der Waals surface area contributed by atoms with E-state index in [0.29, 0.717) is 13.2 Å². The van der Waals surface area contributed by atoms with E-state index in [1.165, 1.54) is 12.1 Å². The molecular formula is C18H20N2O4. The molecule has 0 fully saturated rings. The summed E-state index contributed by atoms with van der Waals surface area (Å²) in [4.78, 5) is 24.1. The fourth-order valence-electron chi connectivity index (χ4n) is 2.26. The minimum absolute atomic E-state index is 0.0222. The Morgan fingerprint density at radius 2 is 1.67 bits per heavy atom. The van der Waals surface area contributed by atoms with E-state index < -0.39 is 4.92 Å². The van der Waals surface area contributed by atoms with Gasteiger partial charge < -0.3 is 9.64 Å². The lowest BCUT2D eigenvalue weighted by atomic mass is 10.1. The van der Waals surface area contributed by atoms with E-state index in [1.54, 1.807) is 24.1 Å². The fraction of sp³-hybridized carbons (Fsp3) is 0.278. The van der Waals surface area contributed by atoms with Crippen LogP contribution in [0.3, 0.4) is 0 Å². The van der Waals surface area contributed by atoms with Crippen molar-refractivity contribution in [1.29, 1.82) is 0 Å². The van der Waals surface area contributed by atoms with Crippen molar-refractivity contribution >= 4 is 11.6 Å². The summed E-state index contributed by atoms with van der Waals surface area (Å²) >= 11 is 0. The summed E-state index contributed by atoms with van der Waals surface area (Å²) in [5.74, 6) is 0.763. The number of nitro benzene ring substituents is 1. The topological polar surface area (TPSA) is 72.7 Å². The normalized spacial score (nSPS) is 10.2. The first-order valence-corrected chi connectivity index (χ1v) is 7.68. The molecule has 0 aliphatic carbocycles. The highest BCUT2D eigenvalue weighted by Crippen LogP contribution is 2.15. The summed E-state index contributed by atoms with van der Waals surface area (Å²) < 4.78 is 5.39. The quantitative estimate of drug-likeness (QED) is 0.578. The highest BCUT2D eigenvalue weighted by Gasteiger charge is 2.12. The van der Waals surface area contributed by atoms with Gasteiger partial charge in [0.25, 0.3) is 5.69 Å². The van der Waals surface area contributed by atoms with E-state index in [9.17, 15) is 14.9 Å². The molecule has 2 aromatic carbocycles. The second-order valence-electron chi connectivity index (χ2n) is 5.43. The molecule has 6 heteroatoms. The Morgan fingerprint density at radius 1 is 1.08 bits per heavy atom. The first-order valence-electron chi connectivity index (χ1n) is 7.68. The number of non-ortho nitro benzene ring substituents is 1. The lowest BCUT2D eigenvalue weighted by Gasteiger charge is -2.17. The van der Waals surface area contributed by atoms with E-state index in [2.05, 4.69) is 0 Å². The van der Waals surface area contributed by atoms with E-state index in [1.807, 2.05) is 31.2 Å². The Labute approximate surface area is 140 Å². The molecule has 24 heavy (non-hydrogen) atoms. The third-order valence-corrected chi connectivity index (χ3v) is 3.58. The number of nitrogens with zero attached hydrogens (tertiary/aromatic N) is 2. The monoisotopic (exact) mass is 328 g/mol. The Morgan fingerprint density at radius 3 is 2.21 bits per heavy atom. The van der Waals surface area contributed by atoms with Crippen LogP contribution in [-0.4, -0.2) is 29.4 Å². The largest absolute Gasteiger partial charge is 0.494 e. The van der Waals surface area contributed by atoms with Crippen LogP contribution in [0.2, 0.25) is 0 Å². The number of amides is 1. The molecule has 0 saturated heterocycles. The lowest BCUT2D eigenvalue weighted by Crippen LogP contribution is -2.27. The van der Waals surface area contributed by atoms with Crippen LogP contribution in [0.15, 0.2) is 48.5 Å². The second-order valence-corrected chi connectivity index (χ2v) is 5.43. The molecule has 0 N–H and O–H groups in total. The van der Waals surface area contributed by atoms with Gasteiger partial charge in [0, 0.05) is 25.7 Å². The van der Waals surface area contributed by atoms with E-state index in [0.717, 1.165) is 16.9 Å². The third kappa shape index (κ3) is 4.81. The molecule has 0 aliphatic rings. The molecule has 2 rings (SSSR count). The van der Waals surface area contributed by atoms with Gasteiger partial charge in [-0.05, 0) is 30.2 Å². The van der Waals surface area contributed by atoms with Gasteiger partial charge in [-0.1, -0.05) is 24.3 Å². The Kier molecular flexibility index (Phi) is 5.89. The molecule has 0 bridgehead atoms. The van der Waals surface area contributed by atoms with Gasteiger partial charge in [0.05, 0.1) is 18.0 Å². The highest BCUT2D eigenvalue weighted by molar-refractivity contribution is 5.78. The van der Waals surface area contributed by atoms with Gasteiger partial charge in [0.2, 0.25) is 5.91 Å². The highest BCUT2D eigenvalue weighted by atomic mass is 16.6. The molecule has 0 atom stereocenters. The number of benzene rings is 2. The molecule has 1 amide bonds. The molecule has 0 radical (unpaired) electrons. The number of carbonyl (C=O) groups excluding carboxylic acids is 1. The minimum atomic E-state index is -0.455. The van der Waals surface area contributed by atoms with Gasteiger partial charge in [0.15, 0.2) is 0 Å². The van der Waals surface area contributed by atoms with Crippen molar-refractivity contribution in [3.8, 4) is 5.75 Å². The fourth-order valence-corrected chi connectivity index (χ4v) is 2.26. The Bertz CT molecular complexity index is 696. The van der Waals surface area contributed by atoms with Crippen LogP contribution in [0.5, 0.6) is 5.75 Å². The van der Waals surface area contributed by atoms with Crippen molar-refractivity contribution in [1.82, 2.24) is 4.90 Å². The maximum absolute atomic E-state index is 12.3. The van der Waals surface area contributed by atoms with Crippen molar-refractivity contribution < 1.29 is 14.5 Å². The SMILES string of the molecule is CCOc1ccc(CN(C)C(=O)Cc2ccc([N+](=O)[O-])cc2)cc1. The number of carbonyl (C=O) groups is 1. The van der Waals surface area contributed by atoms with Gasteiger partial charge in [-0.25, -0.2) is 0 Å². The number of likely N-dealkylation sites (N-methyl/N-ethyl adjacent to an activating group) is 1. The summed E-state index contributed by atoms with van der Waals surface area (Å²) in [6.45, 7) is 3.05. The average Bonchev–Trinajstić information content (AvgIpc) is 2.57. The zero-order valence-electron chi connectivity index (χ0n) is 13.8. The van der Waals surface area contributed by atoms with Crippen LogP contribution in [0.1, 0.15) is 18.1 Å². The predicted molar refractivity (Wildman–Crippen MR) is 90.9 cm³/mol. The zero-order valence-corrected chi connectivity index (χ0v) is 13.8. The summed E-state index contributed by atoms with van der Waals surface area (Å²) in [6, 6.07) is 13.7. The predicted octanol–water partition coefficient (Wildman–Crippen LogP) is 3.19. The zero-order chi connectivity index (χ0) is 17.5. The van der Waals surface area contributed by atoms with E-state index in [-0.39, 0.29) is 18.0 Å². The van der Waals surface area contributed by atoms with Crippen LogP contribution in [-0.2, 0) is 17.8 Å². The molecule has 126 valence electrons. The number of hydrogen-bond donors (Lipinski definition) is 0. The molecule has 0 heterocycles. The van der Waals surface area contributed by atoms with Gasteiger partial charge >= 0.3 is 0 Å². The average molecular weight is 328 g/mol. The number of rotatable bonds is 7. The van der Waals surface area contributed by atoms with Crippen molar-refractivity contribution in [2.45, 2.75) is 19.9 Å². The standard InChI is InChI=1S/C18H20N2O4/c1-3-24-17-10-6-15(7-11-17)13-19(2)18(21)12-14-4-8-16(9-5-14)20(22)23/h4-11H,3,12-13H2,1-2H3. The molecule has 0 aromatic heterocycles. The van der Waals surface area contributed by atoms with Crippen molar-refractivity contribution in [2.24, 2.45) is 0 Å². The van der Waals surface area contributed by atoms with Gasteiger partial charge in [-0.3, -0.25) is 14.9 Å². The molecule has 0 saturated carbocycles. The van der Waals surface area contributed by atoms with Gasteiger partial charge in [-0.15, -0.1) is 0 Å². The van der Waals surface area contributed by atoms with Crippen molar-refractivity contribution in [3.63, 3.8) is 0 Å². The first-order chi connectivity index (χ1) is 11.5. The number of nitro groups is 1. The maximum atomic E-state index is 12.3. The van der Waals surface area contributed by atoms with Gasteiger partial charge in [-0.2, -0.15) is 0 Å². The number of hydrogen-bond acceptors (Lipinski definition) is 4. The van der Waals surface area contributed by atoms with Crippen LogP contribution < -0.4 is 4.74 Å². The Balaban J connectivity index is 1.92.